The Balaban J connectivity index is 1.53. The molecule has 0 aromatic heterocycles. The Labute approximate surface area is 567 Å². The third-order valence-corrected chi connectivity index (χ3v) is 19.1. The van der Waals surface area contributed by atoms with Gasteiger partial charge in [0.1, 0.15) is 85.1 Å². The first-order chi connectivity index (χ1) is 46.0. The Morgan fingerprint density at radius 2 is 1.00 bits per heavy atom. The van der Waals surface area contributed by atoms with E-state index in [0.717, 1.165) is 65.2 Å². The number of carbonyl (C=O) groups is 4. The van der Waals surface area contributed by atoms with Crippen molar-refractivity contribution in [3.63, 3.8) is 0 Å². The maximum absolute atomic E-state index is 13.6. The molecule has 96 heavy (non-hydrogen) atoms. The summed E-state index contributed by atoms with van der Waals surface area (Å²) in [7, 11) is 0. The van der Waals surface area contributed by atoms with Gasteiger partial charge in [0.15, 0.2) is 18.9 Å². The second kappa shape index (κ2) is 46.7. The average Bonchev–Trinajstić information content (AvgIpc) is 0.752. The second-order valence-electron chi connectivity index (χ2n) is 27.2. The van der Waals surface area contributed by atoms with Crippen LogP contribution in [0.15, 0.2) is 0 Å². The van der Waals surface area contributed by atoms with Crippen LogP contribution in [0.25, 0.3) is 0 Å². The summed E-state index contributed by atoms with van der Waals surface area (Å²) in [5, 5.41) is 161. The number of ketones is 1. The van der Waals surface area contributed by atoms with Crippen LogP contribution in [-0.4, -0.2) is 262 Å². The van der Waals surface area contributed by atoms with E-state index in [4.69, 9.17) is 37.9 Å². The monoisotopic (exact) mass is 1380 g/mol. The molecule has 4 aliphatic heterocycles. The van der Waals surface area contributed by atoms with Gasteiger partial charge in [0, 0.05) is 32.1 Å². The van der Waals surface area contributed by atoms with Crippen molar-refractivity contribution in [2.45, 2.75) is 368 Å². The molecule has 0 radical (unpaired) electrons. The van der Waals surface area contributed by atoms with Crippen molar-refractivity contribution in [1.29, 1.82) is 0 Å². The van der Waals surface area contributed by atoms with Gasteiger partial charge in [0.2, 0.25) is 11.8 Å². The Bertz CT molecular complexity index is 2120. The van der Waals surface area contributed by atoms with Crippen LogP contribution in [-0.2, 0) is 57.1 Å². The van der Waals surface area contributed by atoms with Gasteiger partial charge in [0.25, 0.3) is 5.79 Å². The summed E-state index contributed by atoms with van der Waals surface area (Å²) in [5.41, 5.74) is 0. The lowest BCUT2D eigenvalue weighted by Crippen LogP contribution is -2.71. The molecule has 4 saturated heterocycles. The zero-order chi connectivity index (χ0) is 70.7. The van der Waals surface area contributed by atoms with Crippen LogP contribution in [0.1, 0.15) is 233 Å². The standard InChI is InChI=1S/C68H124N2O26/c1-5-7-9-11-13-15-17-19-20-22-24-26-28-30-32-34-52(80)70-45(46(77)33-31-29-27-25-23-21-18-16-14-12-10-8-6-2)41-89-65-58(85)57(84)60(50(39-73)91-65)93-66-59(86)63(61(51(40-74)92-66)94-64-44(35-42(3)75)54(81)56(83)49(38-72)90-64)96-68(67(87)88)36-47(78)53(69-43(4)76)62(95-68)55(82)48(79)37-71/h44-51,53-66,71-74,77-79,81-86H,5-41H2,1-4H3,(H,69,76)(H,70,80)(H,87,88). The van der Waals surface area contributed by atoms with Crippen LogP contribution in [0.2, 0.25) is 0 Å². The minimum absolute atomic E-state index is 0.189. The number of carbonyl (C=O) groups excluding carboxylic acids is 3. The third-order valence-electron chi connectivity index (χ3n) is 19.1. The van der Waals surface area contributed by atoms with E-state index in [9.17, 15) is 90.7 Å². The molecule has 0 aromatic rings. The maximum Gasteiger partial charge on any atom is 0.364 e. The quantitative estimate of drug-likeness (QED) is 0.0389. The number of hydrogen-bond acceptors (Lipinski definition) is 25. The van der Waals surface area contributed by atoms with Crippen molar-refractivity contribution in [2.24, 2.45) is 5.92 Å². The number of ether oxygens (including phenoxy) is 8. The highest BCUT2D eigenvalue weighted by Crippen LogP contribution is 2.41. The molecule has 23 atom stereocenters. The molecular formula is C68H124N2O26. The Hall–Kier alpha value is -2.76. The number of aliphatic hydroxyl groups excluding tert-OH is 13. The first kappa shape index (κ1) is 85.7. The van der Waals surface area contributed by atoms with Crippen LogP contribution >= 0.6 is 0 Å². The summed E-state index contributed by atoms with van der Waals surface area (Å²) in [6, 6.07) is -2.69. The number of carboxylic acid groups (broad SMARTS) is 1. The highest BCUT2D eigenvalue weighted by atomic mass is 16.8. The van der Waals surface area contributed by atoms with Gasteiger partial charge in [-0.05, 0) is 19.8 Å². The molecule has 0 bridgehead atoms. The highest BCUT2D eigenvalue weighted by molar-refractivity contribution is 5.77. The van der Waals surface area contributed by atoms with E-state index in [1.807, 2.05) is 0 Å². The Morgan fingerprint density at radius 1 is 0.531 bits per heavy atom. The minimum atomic E-state index is -3.26. The molecule has 0 aliphatic carbocycles. The fourth-order valence-electron chi connectivity index (χ4n) is 13.4. The largest absolute Gasteiger partial charge is 0.477 e. The second-order valence-corrected chi connectivity index (χ2v) is 27.2. The fourth-order valence-corrected chi connectivity index (χ4v) is 13.4. The zero-order valence-electron chi connectivity index (χ0n) is 57.5. The van der Waals surface area contributed by atoms with Gasteiger partial charge in [-0.2, -0.15) is 0 Å². The van der Waals surface area contributed by atoms with Gasteiger partial charge in [-0.1, -0.05) is 187 Å². The molecule has 0 aromatic carbocycles. The number of nitrogens with one attached hydrogen (secondary N) is 2. The normalized spacial score (nSPS) is 32.3. The lowest BCUT2D eigenvalue weighted by atomic mass is 9.87. The summed E-state index contributed by atoms with van der Waals surface area (Å²) in [5.74, 6) is -8.50. The lowest BCUT2D eigenvalue weighted by Gasteiger charge is -2.52. The molecule has 2 amide bonds. The van der Waals surface area contributed by atoms with Gasteiger partial charge in [0.05, 0.1) is 63.4 Å². The number of unbranched alkanes of at least 4 members (excludes halogenated alkanes) is 26. The smallest absolute Gasteiger partial charge is 0.364 e. The SMILES string of the molecule is CCCCCCCCCCCCCCCCCC(=O)NC(COC1OC(CO)C(OC2OC(CO)C(OC3OC(CO)C(O)C(O)C3CC(C)=O)C(OC3(C(=O)O)CC(O)C(NC(C)=O)C(C(O)C(O)CO)O3)C2O)C(O)C1O)C(O)CCCCCCCCCCCCCCC. The van der Waals surface area contributed by atoms with Crippen LogP contribution in [0.3, 0.4) is 0 Å². The Morgan fingerprint density at radius 3 is 1.48 bits per heavy atom. The molecule has 4 heterocycles. The predicted octanol–water partition coefficient (Wildman–Crippen LogP) is 2.45. The molecule has 0 saturated carbocycles. The van der Waals surface area contributed by atoms with Crippen molar-refractivity contribution in [1.82, 2.24) is 10.6 Å². The number of rotatable bonds is 51. The number of hydrogen-bond donors (Lipinski definition) is 16. The maximum atomic E-state index is 13.6. The van der Waals surface area contributed by atoms with Crippen LogP contribution in [0.5, 0.6) is 0 Å². The molecule has 28 heteroatoms. The molecule has 4 fully saturated rings. The van der Waals surface area contributed by atoms with E-state index in [1.54, 1.807) is 0 Å². The van der Waals surface area contributed by atoms with Crippen LogP contribution < -0.4 is 10.6 Å². The molecule has 562 valence electrons. The van der Waals surface area contributed by atoms with E-state index >= 15 is 0 Å². The highest BCUT2D eigenvalue weighted by Gasteiger charge is 2.61. The van der Waals surface area contributed by atoms with E-state index in [-0.39, 0.29) is 12.3 Å². The van der Waals surface area contributed by atoms with Crippen molar-refractivity contribution in [3.05, 3.63) is 0 Å². The molecule has 23 unspecified atom stereocenters. The Kier molecular flexibility index (Phi) is 41.7. The molecule has 4 aliphatic rings. The number of aliphatic carboxylic acids is 1. The summed E-state index contributed by atoms with van der Waals surface area (Å²) in [6.07, 6.45) is -6.14. The lowest BCUT2D eigenvalue weighted by molar-refractivity contribution is -0.403. The third kappa shape index (κ3) is 27.9. The summed E-state index contributed by atoms with van der Waals surface area (Å²) >= 11 is 0. The van der Waals surface area contributed by atoms with E-state index < -0.39 is 204 Å². The predicted molar refractivity (Wildman–Crippen MR) is 347 cm³/mol. The summed E-state index contributed by atoms with van der Waals surface area (Å²) in [4.78, 5) is 52.1. The number of Topliss-reactive ketones (excluding diaryl/α,β-unsaturated/α-hetero) is 1. The molecule has 0 spiro atoms. The van der Waals surface area contributed by atoms with Crippen LogP contribution in [0.4, 0.5) is 0 Å². The van der Waals surface area contributed by atoms with E-state index in [1.165, 1.54) is 116 Å². The fraction of sp³-hybridized carbons (Fsp3) is 0.941. The average molecular weight is 1390 g/mol. The molecule has 16 N–H and O–H groups in total. The van der Waals surface area contributed by atoms with E-state index in [0.29, 0.717) is 19.3 Å². The summed E-state index contributed by atoms with van der Waals surface area (Å²) < 4.78 is 48.2. The van der Waals surface area contributed by atoms with Gasteiger partial charge in [-0.3, -0.25) is 9.59 Å². The zero-order valence-corrected chi connectivity index (χ0v) is 57.5. The number of aliphatic hydroxyl groups is 13. The van der Waals surface area contributed by atoms with Crippen molar-refractivity contribution in [2.75, 3.05) is 33.0 Å². The molecule has 28 nitrogen and oxygen atoms in total. The minimum Gasteiger partial charge on any atom is -0.477 e. The number of carboxylic acids is 1. The number of amides is 2. The topological polar surface area (TPSA) is 449 Å². The summed E-state index contributed by atoms with van der Waals surface area (Å²) in [6.45, 7) is 2.00. The van der Waals surface area contributed by atoms with E-state index in [2.05, 4.69) is 24.5 Å². The van der Waals surface area contributed by atoms with Crippen molar-refractivity contribution >= 4 is 23.6 Å². The van der Waals surface area contributed by atoms with Crippen molar-refractivity contribution < 1.29 is 129 Å². The van der Waals surface area contributed by atoms with Gasteiger partial charge in [-0.25, -0.2) is 4.79 Å². The molecular weight excluding hydrogens is 1260 g/mol. The first-order valence-corrected chi connectivity index (χ1v) is 36.1. The van der Waals surface area contributed by atoms with Crippen LogP contribution in [0, 0.1) is 5.92 Å². The van der Waals surface area contributed by atoms with Gasteiger partial charge in [-0.15, -0.1) is 0 Å². The van der Waals surface area contributed by atoms with Gasteiger partial charge >= 0.3 is 5.97 Å². The van der Waals surface area contributed by atoms with Crippen molar-refractivity contribution in [3.8, 4) is 0 Å². The first-order valence-electron chi connectivity index (χ1n) is 36.1. The van der Waals surface area contributed by atoms with Gasteiger partial charge < -0.3 is 125 Å². The molecule has 4 rings (SSSR count).